The standard InChI is InChI=1S/C21H24N2O3/c1-15-6-2-4-8-18(15)21(25)22-11-10-20(24)23-13-16-12-17-7-3-5-9-19(17)26-14-16/h2-9,16H,10-14H2,1H3,(H,22,25)(H,23,24). The topological polar surface area (TPSA) is 67.4 Å². The second kappa shape index (κ2) is 8.52. The van der Waals surface area contributed by atoms with Crippen LogP contribution in [-0.2, 0) is 11.2 Å². The molecule has 2 amide bonds. The van der Waals surface area contributed by atoms with E-state index >= 15 is 0 Å². The SMILES string of the molecule is Cc1ccccc1C(=O)NCCC(=O)NCC1COc2ccccc2C1. The van der Waals surface area contributed by atoms with Gasteiger partial charge in [0, 0.05) is 31.0 Å². The predicted molar refractivity (Wildman–Crippen MR) is 100 cm³/mol. The van der Waals surface area contributed by atoms with E-state index in [4.69, 9.17) is 4.74 Å². The van der Waals surface area contributed by atoms with Gasteiger partial charge in [-0.15, -0.1) is 0 Å². The van der Waals surface area contributed by atoms with Crippen molar-refractivity contribution in [2.75, 3.05) is 19.7 Å². The number of carbonyl (C=O) groups is 2. The minimum absolute atomic E-state index is 0.0612. The molecule has 0 fully saturated rings. The molecule has 136 valence electrons. The Bertz CT molecular complexity index is 788. The Morgan fingerprint density at radius 3 is 2.69 bits per heavy atom. The number of nitrogens with one attached hydrogen (secondary N) is 2. The zero-order chi connectivity index (χ0) is 18.4. The largest absolute Gasteiger partial charge is 0.493 e. The van der Waals surface area contributed by atoms with E-state index in [2.05, 4.69) is 16.7 Å². The molecule has 0 saturated heterocycles. The number of fused-ring (bicyclic) bond motifs is 1. The summed E-state index contributed by atoms with van der Waals surface area (Å²) in [5, 5.41) is 5.74. The molecular formula is C21H24N2O3. The summed E-state index contributed by atoms with van der Waals surface area (Å²) in [6.45, 7) is 3.41. The molecular weight excluding hydrogens is 328 g/mol. The second-order valence-electron chi connectivity index (χ2n) is 6.61. The van der Waals surface area contributed by atoms with Crippen LogP contribution < -0.4 is 15.4 Å². The van der Waals surface area contributed by atoms with Gasteiger partial charge in [0.1, 0.15) is 5.75 Å². The fourth-order valence-electron chi connectivity index (χ4n) is 3.08. The van der Waals surface area contributed by atoms with Gasteiger partial charge >= 0.3 is 0 Å². The fourth-order valence-corrected chi connectivity index (χ4v) is 3.08. The summed E-state index contributed by atoms with van der Waals surface area (Å²) in [6.07, 6.45) is 1.17. The maximum Gasteiger partial charge on any atom is 0.251 e. The minimum atomic E-state index is -0.145. The summed E-state index contributed by atoms with van der Waals surface area (Å²) in [7, 11) is 0. The Labute approximate surface area is 153 Å². The quantitative estimate of drug-likeness (QED) is 0.839. The highest BCUT2D eigenvalue weighted by Crippen LogP contribution is 2.26. The van der Waals surface area contributed by atoms with Crippen LogP contribution in [0.1, 0.15) is 27.9 Å². The Balaban J connectivity index is 1.37. The van der Waals surface area contributed by atoms with E-state index in [1.165, 1.54) is 5.56 Å². The molecule has 1 aliphatic heterocycles. The molecule has 3 rings (SSSR count). The van der Waals surface area contributed by atoms with Gasteiger partial charge in [-0.3, -0.25) is 9.59 Å². The van der Waals surface area contributed by atoms with Crippen LogP contribution in [0, 0.1) is 12.8 Å². The summed E-state index contributed by atoms with van der Waals surface area (Å²) >= 11 is 0. The molecule has 2 aromatic rings. The minimum Gasteiger partial charge on any atom is -0.493 e. The van der Waals surface area contributed by atoms with Gasteiger partial charge in [-0.05, 0) is 36.6 Å². The van der Waals surface area contributed by atoms with Crippen LogP contribution in [-0.4, -0.2) is 31.5 Å². The first-order valence-corrected chi connectivity index (χ1v) is 8.94. The zero-order valence-electron chi connectivity index (χ0n) is 15.0. The van der Waals surface area contributed by atoms with Gasteiger partial charge in [-0.25, -0.2) is 0 Å². The van der Waals surface area contributed by atoms with Crippen LogP contribution in [0.3, 0.4) is 0 Å². The molecule has 0 bridgehead atoms. The molecule has 26 heavy (non-hydrogen) atoms. The van der Waals surface area contributed by atoms with Crippen LogP contribution in [0.4, 0.5) is 0 Å². The third-order valence-electron chi connectivity index (χ3n) is 4.57. The van der Waals surface area contributed by atoms with Crippen molar-refractivity contribution in [3.05, 3.63) is 65.2 Å². The van der Waals surface area contributed by atoms with Crippen LogP contribution in [0.2, 0.25) is 0 Å². The van der Waals surface area contributed by atoms with E-state index in [0.29, 0.717) is 25.3 Å². The lowest BCUT2D eigenvalue weighted by Gasteiger charge is -2.25. The highest BCUT2D eigenvalue weighted by atomic mass is 16.5. The molecule has 5 nitrogen and oxygen atoms in total. The molecule has 0 saturated carbocycles. The summed E-state index contributed by atoms with van der Waals surface area (Å²) in [5.41, 5.74) is 2.75. The number of carbonyl (C=O) groups excluding carboxylic acids is 2. The van der Waals surface area contributed by atoms with Crippen molar-refractivity contribution < 1.29 is 14.3 Å². The zero-order valence-corrected chi connectivity index (χ0v) is 15.0. The number of hydrogen-bond acceptors (Lipinski definition) is 3. The molecule has 0 aliphatic carbocycles. The van der Waals surface area contributed by atoms with E-state index < -0.39 is 0 Å². The maximum atomic E-state index is 12.1. The number of hydrogen-bond donors (Lipinski definition) is 2. The Hall–Kier alpha value is -2.82. The Kier molecular flexibility index (Phi) is 5.89. The van der Waals surface area contributed by atoms with E-state index in [1.54, 1.807) is 6.07 Å². The number of benzene rings is 2. The predicted octanol–water partition coefficient (Wildman–Crippen LogP) is 2.48. The van der Waals surface area contributed by atoms with Crippen molar-refractivity contribution >= 4 is 11.8 Å². The van der Waals surface area contributed by atoms with E-state index in [0.717, 1.165) is 17.7 Å². The molecule has 0 radical (unpaired) electrons. The highest BCUT2D eigenvalue weighted by molar-refractivity contribution is 5.95. The lowest BCUT2D eigenvalue weighted by atomic mass is 9.97. The molecule has 1 aliphatic rings. The molecule has 0 spiro atoms. The average molecular weight is 352 g/mol. The highest BCUT2D eigenvalue weighted by Gasteiger charge is 2.19. The normalized spacial score (nSPS) is 15.5. The van der Waals surface area contributed by atoms with Gasteiger partial charge in [0.25, 0.3) is 5.91 Å². The van der Waals surface area contributed by atoms with Crippen molar-refractivity contribution in [1.82, 2.24) is 10.6 Å². The van der Waals surface area contributed by atoms with Gasteiger partial charge in [0.2, 0.25) is 5.91 Å². The molecule has 2 N–H and O–H groups in total. The van der Waals surface area contributed by atoms with Crippen LogP contribution in [0.5, 0.6) is 5.75 Å². The second-order valence-corrected chi connectivity index (χ2v) is 6.61. The fraction of sp³-hybridized carbons (Fsp3) is 0.333. The van der Waals surface area contributed by atoms with Gasteiger partial charge in [-0.2, -0.15) is 0 Å². The number of para-hydroxylation sites is 1. The number of ether oxygens (including phenoxy) is 1. The monoisotopic (exact) mass is 352 g/mol. The lowest BCUT2D eigenvalue weighted by molar-refractivity contribution is -0.121. The lowest BCUT2D eigenvalue weighted by Crippen LogP contribution is -2.36. The van der Waals surface area contributed by atoms with E-state index in [9.17, 15) is 9.59 Å². The van der Waals surface area contributed by atoms with Crippen LogP contribution >= 0.6 is 0 Å². The Morgan fingerprint density at radius 1 is 1.08 bits per heavy atom. The third kappa shape index (κ3) is 4.63. The number of rotatable bonds is 6. The third-order valence-corrected chi connectivity index (χ3v) is 4.57. The van der Waals surface area contributed by atoms with Crippen molar-refractivity contribution in [2.45, 2.75) is 19.8 Å². The summed E-state index contributed by atoms with van der Waals surface area (Å²) in [5.74, 6) is 1.01. The van der Waals surface area contributed by atoms with Crippen molar-refractivity contribution in [1.29, 1.82) is 0 Å². The molecule has 1 atom stereocenters. The first-order valence-electron chi connectivity index (χ1n) is 8.94. The van der Waals surface area contributed by atoms with Crippen molar-refractivity contribution in [3.8, 4) is 5.75 Å². The number of amides is 2. The maximum absolute atomic E-state index is 12.1. The van der Waals surface area contributed by atoms with Crippen molar-refractivity contribution in [2.24, 2.45) is 5.92 Å². The van der Waals surface area contributed by atoms with E-state index in [1.807, 2.05) is 43.3 Å². The summed E-state index contributed by atoms with van der Waals surface area (Å²) in [6, 6.07) is 15.4. The molecule has 0 aromatic heterocycles. The Morgan fingerprint density at radius 2 is 1.85 bits per heavy atom. The van der Waals surface area contributed by atoms with Crippen LogP contribution in [0.25, 0.3) is 0 Å². The van der Waals surface area contributed by atoms with Gasteiger partial charge in [0.05, 0.1) is 6.61 Å². The van der Waals surface area contributed by atoms with Gasteiger partial charge in [0.15, 0.2) is 0 Å². The summed E-state index contributed by atoms with van der Waals surface area (Å²) in [4.78, 5) is 24.1. The van der Waals surface area contributed by atoms with Crippen molar-refractivity contribution in [3.63, 3.8) is 0 Å². The summed E-state index contributed by atoms with van der Waals surface area (Å²) < 4.78 is 5.73. The van der Waals surface area contributed by atoms with Crippen LogP contribution in [0.15, 0.2) is 48.5 Å². The molecule has 1 unspecified atom stereocenters. The van der Waals surface area contributed by atoms with Gasteiger partial charge in [-0.1, -0.05) is 36.4 Å². The molecule has 5 heteroatoms. The molecule has 1 heterocycles. The number of aryl methyl sites for hydroxylation is 1. The smallest absolute Gasteiger partial charge is 0.251 e. The first kappa shape index (κ1) is 18.0. The average Bonchev–Trinajstić information content (AvgIpc) is 2.66. The van der Waals surface area contributed by atoms with Gasteiger partial charge < -0.3 is 15.4 Å². The van der Waals surface area contributed by atoms with E-state index in [-0.39, 0.29) is 24.2 Å². The molecule has 2 aromatic carbocycles. The first-order chi connectivity index (χ1) is 12.6.